The number of likely N-dealkylation sites (tertiary alicyclic amines) is 2. The molecular formula is C25H28N2O5. The minimum atomic E-state index is -0.967. The molecule has 3 fully saturated rings. The summed E-state index contributed by atoms with van der Waals surface area (Å²) >= 11 is 0. The van der Waals surface area contributed by atoms with Crippen molar-refractivity contribution in [3.8, 4) is 0 Å². The van der Waals surface area contributed by atoms with Gasteiger partial charge in [0, 0.05) is 32.6 Å². The first-order valence-corrected chi connectivity index (χ1v) is 11.2. The standard InChI is InChI=1S/C25H28N2O5/c28-22-24(11-13-26(22)17-20-7-3-1-4-8-20)19-27(14-12-25(24)31-15-16-32-25)23(29)30-18-21-9-5-2-6-10-21/h1-10H,11-19H2. The number of hydrogen-bond donors (Lipinski definition) is 0. The van der Waals surface area contributed by atoms with Gasteiger partial charge in [-0.2, -0.15) is 0 Å². The minimum Gasteiger partial charge on any atom is -0.445 e. The molecule has 3 aliphatic rings. The van der Waals surface area contributed by atoms with Crippen molar-refractivity contribution in [2.24, 2.45) is 5.41 Å². The molecule has 5 rings (SSSR count). The van der Waals surface area contributed by atoms with Gasteiger partial charge in [-0.1, -0.05) is 60.7 Å². The fraction of sp³-hybridized carbons (Fsp3) is 0.440. The van der Waals surface area contributed by atoms with Crippen LogP contribution in [0.15, 0.2) is 60.7 Å². The topological polar surface area (TPSA) is 68.3 Å². The fourth-order valence-corrected chi connectivity index (χ4v) is 5.18. The van der Waals surface area contributed by atoms with E-state index in [0.717, 1.165) is 11.1 Å². The first kappa shape index (κ1) is 21.0. The third kappa shape index (κ3) is 3.65. The van der Waals surface area contributed by atoms with Gasteiger partial charge < -0.3 is 24.0 Å². The lowest BCUT2D eigenvalue weighted by molar-refractivity contribution is -0.252. The number of piperidine rings is 1. The Morgan fingerprint density at radius 3 is 2.25 bits per heavy atom. The molecule has 2 spiro atoms. The van der Waals surface area contributed by atoms with E-state index in [1.165, 1.54) is 0 Å². The lowest BCUT2D eigenvalue weighted by Gasteiger charge is -2.49. The van der Waals surface area contributed by atoms with Crippen LogP contribution >= 0.6 is 0 Å². The molecule has 0 aromatic heterocycles. The van der Waals surface area contributed by atoms with E-state index in [1.807, 2.05) is 65.6 Å². The van der Waals surface area contributed by atoms with Gasteiger partial charge in [-0.05, 0) is 17.5 Å². The van der Waals surface area contributed by atoms with Crippen LogP contribution in [0.4, 0.5) is 4.79 Å². The molecule has 2 aromatic carbocycles. The van der Waals surface area contributed by atoms with E-state index in [4.69, 9.17) is 14.2 Å². The highest BCUT2D eigenvalue weighted by Crippen LogP contribution is 2.51. The minimum absolute atomic E-state index is 0.0104. The quantitative estimate of drug-likeness (QED) is 0.736. The van der Waals surface area contributed by atoms with Crippen molar-refractivity contribution < 1.29 is 23.8 Å². The third-order valence-electron chi connectivity index (χ3n) is 6.84. The largest absolute Gasteiger partial charge is 0.445 e. The number of amides is 2. The van der Waals surface area contributed by atoms with Crippen molar-refractivity contribution in [1.29, 1.82) is 0 Å². The second kappa shape index (κ2) is 8.56. The monoisotopic (exact) mass is 436 g/mol. The molecule has 0 radical (unpaired) electrons. The Balaban J connectivity index is 1.33. The van der Waals surface area contributed by atoms with Gasteiger partial charge in [0.15, 0.2) is 5.79 Å². The summed E-state index contributed by atoms with van der Waals surface area (Å²) in [5, 5.41) is 0. The van der Waals surface area contributed by atoms with Crippen LogP contribution in [0.3, 0.4) is 0 Å². The van der Waals surface area contributed by atoms with Crippen molar-refractivity contribution in [3.05, 3.63) is 71.8 Å². The zero-order valence-corrected chi connectivity index (χ0v) is 18.1. The Morgan fingerprint density at radius 1 is 0.906 bits per heavy atom. The van der Waals surface area contributed by atoms with Crippen LogP contribution in [-0.4, -0.2) is 60.4 Å². The molecule has 3 aliphatic heterocycles. The predicted octanol–water partition coefficient (Wildman–Crippen LogP) is 3.19. The summed E-state index contributed by atoms with van der Waals surface area (Å²) in [6.45, 7) is 2.95. The van der Waals surface area contributed by atoms with Crippen LogP contribution in [0.2, 0.25) is 0 Å². The number of carbonyl (C=O) groups excluding carboxylic acids is 2. The number of ether oxygens (including phenoxy) is 3. The highest BCUT2D eigenvalue weighted by Gasteiger charge is 2.66. The highest BCUT2D eigenvalue weighted by atomic mass is 16.7. The second-order valence-electron chi connectivity index (χ2n) is 8.71. The van der Waals surface area contributed by atoms with Gasteiger partial charge in [0.1, 0.15) is 12.0 Å². The number of nitrogens with zero attached hydrogens (tertiary/aromatic N) is 2. The van der Waals surface area contributed by atoms with Crippen molar-refractivity contribution in [1.82, 2.24) is 9.80 Å². The van der Waals surface area contributed by atoms with Gasteiger partial charge in [-0.3, -0.25) is 4.79 Å². The summed E-state index contributed by atoms with van der Waals surface area (Å²) in [7, 11) is 0. The van der Waals surface area contributed by atoms with Crippen LogP contribution in [0, 0.1) is 5.41 Å². The molecule has 2 aromatic rings. The van der Waals surface area contributed by atoms with Crippen molar-refractivity contribution in [3.63, 3.8) is 0 Å². The lowest BCUT2D eigenvalue weighted by Crippen LogP contribution is -2.64. The Kier molecular flexibility index (Phi) is 5.61. The van der Waals surface area contributed by atoms with Crippen molar-refractivity contribution in [2.75, 3.05) is 32.8 Å². The van der Waals surface area contributed by atoms with Gasteiger partial charge in [-0.25, -0.2) is 4.79 Å². The van der Waals surface area contributed by atoms with Gasteiger partial charge in [0.2, 0.25) is 5.91 Å². The van der Waals surface area contributed by atoms with E-state index in [2.05, 4.69) is 0 Å². The molecule has 32 heavy (non-hydrogen) atoms. The van der Waals surface area contributed by atoms with Gasteiger partial charge in [0.25, 0.3) is 0 Å². The summed E-state index contributed by atoms with van der Waals surface area (Å²) in [6, 6.07) is 19.5. The van der Waals surface area contributed by atoms with Crippen LogP contribution in [0.25, 0.3) is 0 Å². The first-order valence-electron chi connectivity index (χ1n) is 11.2. The molecule has 0 N–H and O–H groups in total. The lowest BCUT2D eigenvalue weighted by atomic mass is 9.72. The Labute approximate surface area is 187 Å². The fourth-order valence-electron chi connectivity index (χ4n) is 5.18. The Hall–Kier alpha value is -2.90. The summed E-state index contributed by atoms with van der Waals surface area (Å²) in [6.07, 6.45) is 0.634. The molecule has 7 nitrogen and oxygen atoms in total. The molecule has 7 heteroatoms. The van der Waals surface area contributed by atoms with E-state index < -0.39 is 17.3 Å². The van der Waals surface area contributed by atoms with E-state index in [0.29, 0.717) is 45.7 Å². The molecule has 1 unspecified atom stereocenters. The Bertz CT molecular complexity index is 961. The van der Waals surface area contributed by atoms with E-state index in [1.54, 1.807) is 4.90 Å². The maximum absolute atomic E-state index is 13.8. The number of rotatable bonds is 4. The SMILES string of the molecule is O=C(OCc1ccccc1)N1CCC2(OCCO2)C2(CCN(Cc3ccccc3)C2=O)C1. The smallest absolute Gasteiger partial charge is 0.410 e. The van der Waals surface area contributed by atoms with E-state index in [-0.39, 0.29) is 19.1 Å². The van der Waals surface area contributed by atoms with Gasteiger partial charge >= 0.3 is 6.09 Å². The molecule has 1 atom stereocenters. The average Bonchev–Trinajstić information content (AvgIpc) is 3.43. The highest BCUT2D eigenvalue weighted by molar-refractivity contribution is 5.87. The van der Waals surface area contributed by atoms with Crippen molar-refractivity contribution in [2.45, 2.75) is 31.8 Å². The van der Waals surface area contributed by atoms with E-state index >= 15 is 0 Å². The maximum atomic E-state index is 13.8. The predicted molar refractivity (Wildman–Crippen MR) is 116 cm³/mol. The zero-order valence-electron chi connectivity index (χ0n) is 18.1. The summed E-state index contributed by atoms with van der Waals surface area (Å²) in [5.41, 5.74) is 1.09. The van der Waals surface area contributed by atoms with Crippen LogP contribution in [0.1, 0.15) is 24.0 Å². The number of hydrogen-bond acceptors (Lipinski definition) is 5. The maximum Gasteiger partial charge on any atom is 0.410 e. The average molecular weight is 437 g/mol. The van der Waals surface area contributed by atoms with Crippen LogP contribution < -0.4 is 0 Å². The molecular weight excluding hydrogens is 408 g/mol. The molecule has 3 heterocycles. The zero-order chi connectivity index (χ0) is 22.0. The molecule has 3 saturated heterocycles. The molecule has 2 amide bonds. The summed E-state index contributed by atoms with van der Waals surface area (Å²) in [4.78, 5) is 30.2. The number of benzene rings is 2. The van der Waals surface area contributed by atoms with Gasteiger partial charge in [0.05, 0.1) is 13.2 Å². The molecule has 0 aliphatic carbocycles. The molecule has 168 valence electrons. The second-order valence-corrected chi connectivity index (χ2v) is 8.71. The number of carbonyl (C=O) groups is 2. The van der Waals surface area contributed by atoms with Crippen LogP contribution in [-0.2, 0) is 32.2 Å². The molecule has 0 bridgehead atoms. The molecule has 0 saturated carbocycles. The normalized spacial score (nSPS) is 24.4. The van der Waals surface area contributed by atoms with Crippen molar-refractivity contribution >= 4 is 12.0 Å². The summed E-state index contributed by atoms with van der Waals surface area (Å²) in [5.74, 6) is -0.977. The Morgan fingerprint density at radius 2 is 1.56 bits per heavy atom. The van der Waals surface area contributed by atoms with Gasteiger partial charge in [-0.15, -0.1) is 0 Å². The summed E-state index contributed by atoms with van der Waals surface area (Å²) < 4.78 is 17.8. The number of fused-ring (bicyclic) bond motifs is 1. The van der Waals surface area contributed by atoms with Crippen LogP contribution in [0.5, 0.6) is 0 Å². The first-order chi connectivity index (χ1) is 15.6. The third-order valence-corrected chi connectivity index (χ3v) is 6.84. The van der Waals surface area contributed by atoms with E-state index in [9.17, 15) is 9.59 Å².